The second-order valence-electron chi connectivity index (χ2n) is 6.54. The molecule has 0 aliphatic rings. The van der Waals surface area contributed by atoms with Crippen molar-refractivity contribution in [1.82, 2.24) is 14.0 Å². The van der Waals surface area contributed by atoms with Gasteiger partial charge in [0.2, 0.25) is 0 Å². The molecule has 4 aromatic rings. The summed E-state index contributed by atoms with van der Waals surface area (Å²) in [5.41, 5.74) is 3.61. The number of aromatic nitrogens is 3. The molecule has 136 valence electrons. The molecule has 27 heavy (non-hydrogen) atoms. The van der Waals surface area contributed by atoms with E-state index >= 15 is 0 Å². The van der Waals surface area contributed by atoms with E-state index in [-0.39, 0.29) is 11.5 Å². The summed E-state index contributed by atoms with van der Waals surface area (Å²) >= 11 is 6.03. The maximum Gasteiger partial charge on any atom is 0.272 e. The number of halogens is 1. The molecule has 1 N–H and O–H groups in total. The Morgan fingerprint density at radius 2 is 1.89 bits per heavy atom. The lowest BCUT2D eigenvalue weighted by atomic mass is 10.2. The fourth-order valence-electron chi connectivity index (χ4n) is 3.16. The van der Waals surface area contributed by atoms with Crippen LogP contribution in [-0.2, 0) is 7.05 Å². The average Bonchev–Trinajstić information content (AvgIpc) is 2.97. The van der Waals surface area contributed by atoms with E-state index in [1.165, 1.54) is 4.40 Å². The Balaban J connectivity index is 1.86. The van der Waals surface area contributed by atoms with Gasteiger partial charge in [-0.25, -0.2) is 4.98 Å². The first-order valence-electron chi connectivity index (χ1n) is 8.42. The number of rotatable bonds is 2. The van der Waals surface area contributed by atoms with E-state index < -0.39 is 0 Å². The molecule has 0 atom stereocenters. The highest BCUT2D eigenvalue weighted by molar-refractivity contribution is 6.31. The number of hydrogen-bond acceptors (Lipinski definition) is 3. The van der Waals surface area contributed by atoms with Crippen molar-refractivity contribution in [3.8, 4) is 0 Å². The number of fused-ring (bicyclic) bond motifs is 2. The van der Waals surface area contributed by atoms with Crippen molar-refractivity contribution < 1.29 is 4.79 Å². The molecule has 6 nitrogen and oxygen atoms in total. The third kappa shape index (κ3) is 2.78. The Morgan fingerprint density at radius 3 is 2.67 bits per heavy atom. The Bertz CT molecular complexity index is 1290. The fourth-order valence-corrected chi connectivity index (χ4v) is 3.34. The number of carbonyl (C=O) groups excluding carboxylic acids is 1. The minimum atomic E-state index is -0.328. The maximum atomic E-state index is 12.8. The molecule has 0 fully saturated rings. The largest absolute Gasteiger partial charge is 0.324 e. The van der Waals surface area contributed by atoms with Gasteiger partial charge in [-0.1, -0.05) is 23.7 Å². The Kier molecular flexibility index (Phi) is 4.00. The SMILES string of the molecule is Cc1ccc(Cl)cc1NC(=O)c1cc2c(=O)n3cccc(C)c3nc2n1C. The van der Waals surface area contributed by atoms with Gasteiger partial charge in [0.1, 0.15) is 17.0 Å². The van der Waals surface area contributed by atoms with E-state index in [0.29, 0.717) is 33.1 Å². The maximum absolute atomic E-state index is 12.8. The van der Waals surface area contributed by atoms with Crippen LogP contribution in [0.1, 0.15) is 21.6 Å². The van der Waals surface area contributed by atoms with Crippen LogP contribution in [0.3, 0.4) is 0 Å². The number of benzene rings is 1. The van der Waals surface area contributed by atoms with Crippen LogP contribution in [0.2, 0.25) is 5.02 Å². The van der Waals surface area contributed by atoms with Gasteiger partial charge in [0.15, 0.2) is 0 Å². The quantitative estimate of drug-likeness (QED) is 0.576. The van der Waals surface area contributed by atoms with Gasteiger partial charge in [-0.05, 0) is 49.2 Å². The summed E-state index contributed by atoms with van der Waals surface area (Å²) in [6, 6.07) is 10.6. The first-order valence-corrected chi connectivity index (χ1v) is 8.79. The highest BCUT2D eigenvalue weighted by atomic mass is 35.5. The van der Waals surface area contributed by atoms with Gasteiger partial charge >= 0.3 is 0 Å². The molecule has 7 heteroatoms. The zero-order chi connectivity index (χ0) is 19.3. The van der Waals surface area contributed by atoms with Crippen molar-refractivity contribution in [2.24, 2.45) is 7.05 Å². The zero-order valence-electron chi connectivity index (χ0n) is 15.1. The van der Waals surface area contributed by atoms with Crippen molar-refractivity contribution in [3.05, 3.63) is 74.8 Å². The molecular formula is C20H17ClN4O2. The van der Waals surface area contributed by atoms with Gasteiger partial charge in [0, 0.05) is 24.0 Å². The first-order chi connectivity index (χ1) is 12.9. The Hall–Kier alpha value is -3.12. The second-order valence-corrected chi connectivity index (χ2v) is 6.98. The molecular weight excluding hydrogens is 364 g/mol. The predicted octanol–water partition coefficient (Wildman–Crippen LogP) is 3.71. The lowest BCUT2D eigenvalue weighted by molar-refractivity contribution is 0.101. The number of pyridine rings is 1. The molecule has 0 radical (unpaired) electrons. The van der Waals surface area contributed by atoms with Crippen LogP contribution in [-0.4, -0.2) is 19.9 Å². The normalized spacial score (nSPS) is 11.3. The summed E-state index contributed by atoms with van der Waals surface area (Å²) in [6.45, 7) is 3.78. The number of anilines is 1. The topological polar surface area (TPSA) is 68.4 Å². The van der Waals surface area contributed by atoms with Crippen LogP contribution in [0.25, 0.3) is 16.7 Å². The molecule has 0 aliphatic carbocycles. The Morgan fingerprint density at radius 1 is 1.11 bits per heavy atom. The van der Waals surface area contributed by atoms with Gasteiger partial charge in [-0.3, -0.25) is 14.0 Å². The monoisotopic (exact) mass is 380 g/mol. The number of aryl methyl sites for hydroxylation is 3. The summed E-state index contributed by atoms with van der Waals surface area (Å²) in [5, 5.41) is 3.79. The highest BCUT2D eigenvalue weighted by Crippen LogP contribution is 2.22. The van der Waals surface area contributed by atoms with E-state index in [9.17, 15) is 9.59 Å². The number of amides is 1. The number of hydrogen-bond donors (Lipinski definition) is 1. The van der Waals surface area contributed by atoms with Crippen LogP contribution < -0.4 is 10.9 Å². The molecule has 4 rings (SSSR count). The zero-order valence-corrected chi connectivity index (χ0v) is 15.8. The molecule has 1 aromatic carbocycles. The molecule has 0 saturated carbocycles. The van der Waals surface area contributed by atoms with E-state index in [1.54, 1.807) is 42.1 Å². The fraction of sp³-hybridized carbons (Fsp3) is 0.150. The van der Waals surface area contributed by atoms with Crippen LogP contribution in [0.4, 0.5) is 5.69 Å². The standard InChI is InChI=1S/C20H17ClN4O2/c1-11-6-7-13(21)9-15(11)22-19(26)16-10-14-18(24(16)3)23-17-12(2)5-4-8-25(17)20(14)27/h4-10H,1-3H3,(H,22,26). The lowest BCUT2D eigenvalue weighted by Gasteiger charge is -2.09. The van der Waals surface area contributed by atoms with Gasteiger partial charge < -0.3 is 9.88 Å². The molecule has 0 bridgehead atoms. The van der Waals surface area contributed by atoms with Gasteiger partial charge in [0.25, 0.3) is 11.5 Å². The lowest BCUT2D eigenvalue weighted by Crippen LogP contribution is -2.16. The average molecular weight is 381 g/mol. The van der Waals surface area contributed by atoms with Crippen LogP contribution in [0.15, 0.2) is 47.4 Å². The summed E-state index contributed by atoms with van der Waals surface area (Å²) in [4.78, 5) is 30.3. The Labute approximate surface area is 160 Å². The molecule has 3 aromatic heterocycles. The number of nitrogens with one attached hydrogen (secondary N) is 1. The van der Waals surface area contributed by atoms with Crippen molar-refractivity contribution in [2.75, 3.05) is 5.32 Å². The highest BCUT2D eigenvalue weighted by Gasteiger charge is 2.18. The van der Waals surface area contributed by atoms with Crippen molar-refractivity contribution in [2.45, 2.75) is 13.8 Å². The third-order valence-electron chi connectivity index (χ3n) is 4.70. The van der Waals surface area contributed by atoms with Crippen molar-refractivity contribution in [1.29, 1.82) is 0 Å². The minimum absolute atomic E-state index is 0.202. The van der Waals surface area contributed by atoms with Gasteiger partial charge in [-0.2, -0.15) is 0 Å². The molecule has 0 aliphatic heterocycles. The summed E-state index contributed by atoms with van der Waals surface area (Å²) in [5.74, 6) is -0.328. The van der Waals surface area contributed by atoms with Crippen LogP contribution in [0, 0.1) is 13.8 Å². The third-order valence-corrected chi connectivity index (χ3v) is 4.94. The summed E-state index contributed by atoms with van der Waals surface area (Å²) < 4.78 is 3.14. The first kappa shape index (κ1) is 17.3. The molecule has 0 unspecified atom stereocenters. The summed E-state index contributed by atoms with van der Waals surface area (Å²) in [7, 11) is 1.73. The van der Waals surface area contributed by atoms with Gasteiger partial charge in [-0.15, -0.1) is 0 Å². The van der Waals surface area contributed by atoms with Crippen LogP contribution >= 0.6 is 11.6 Å². The number of carbonyl (C=O) groups is 1. The predicted molar refractivity (Wildman–Crippen MR) is 107 cm³/mol. The molecule has 1 amide bonds. The molecule has 0 spiro atoms. The van der Waals surface area contributed by atoms with Crippen LogP contribution in [0.5, 0.6) is 0 Å². The van der Waals surface area contributed by atoms with E-state index in [0.717, 1.165) is 11.1 Å². The smallest absolute Gasteiger partial charge is 0.272 e. The van der Waals surface area contributed by atoms with Crippen molar-refractivity contribution in [3.63, 3.8) is 0 Å². The van der Waals surface area contributed by atoms with Gasteiger partial charge in [0.05, 0.1) is 5.39 Å². The molecule has 3 heterocycles. The summed E-state index contributed by atoms with van der Waals surface area (Å²) in [6.07, 6.45) is 1.68. The van der Waals surface area contributed by atoms with E-state index in [1.807, 2.05) is 26.0 Å². The van der Waals surface area contributed by atoms with E-state index in [4.69, 9.17) is 11.6 Å². The molecule has 0 saturated heterocycles. The second kappa shape index (κ2) is 6.25. The number of nitrogens with zero attached hydrogens (tertiary/aromatic N) is 3. The van der Waals surface area contributed by atoms with Crippen molar-refractivity contribution >= 4 is 39.9 Å². The van der Waals surface area contributed by atoms with E-state index in [2.05, 4.69) is 10.3 Å². The minimum Gasteiger partial charge on any atom is -0.324 e.